The van der Waals surface area contributed by atoms with E-state index in [1.165, 1.54) is 12.1 Å². The lowest BCUT2D eigenvalue weighted by Gasteiger charge is -2.09. The molecule has 1 saturated heterocycles. The summed E-state index contributed by atoms with van der Waals surface area (Å²) in [4.78, 5) is 6.39. The third-order valence-corrected chi connectivity index (χ3v) is 3.31. The summed E-state index contributed by atoms with van der Waals surface area (Å²) in [5.41, 5.74) is 0.551. The second-order valence-electron chi connectivity index (χ2n) is 4.26. The zero-order valence-electron chi connectivity index (χ0n) is 9.64. The van der Waals surface area contributed by atoms with Gasteiger partial charge >= 0.3 is 0 Å². The van der Waals surface area contributed by atoms with E-state index >= 15 is 0 Å². The number of anilines is 1. The van der Waals surface area contributed by atoms with Gasteiger partial charge in [-0.25, -0.2) is 0 Å². The molecule has 0 saturated carbocycles. The number of halogens is 1. The molecule has 94 valence electrons. The van der Waals surface area contributed by atoms with Gasteiger partial charge in [-0.15, -0.1) is 0 Å². The molecule has 0 unspecified atom stereocenters. The van der Waals surface area contributed by atoms with Crippen LogP contribution in [0.2, 0.25) is 5.02 Å². The van der Waals surface area contributed by atoms with Crippen molar-refractivity contribution in [1.82, 2.24) is 10.1 Å². The van der Waals surface area contributed by atoms with Gasteiger partial charge in [-0.05, 0) is 36.2 Å². The topological polar surface area (TPSA) is 62.4 Å². The first kappa shape index (κ1) is 11.3. The Bertz CT molecular complexity index is 564. The molecule has 1 aliphatic heterocycles. The summed E-state index contributed by atoms with van der Waals surface area (Å²) >= 11 is 6.05. The Morgan fingerprint density at radius 3 is 2.83 bits per heavy atom. The van der Waals surface area contributed by atoms with Gasteiger partial charge in [0, 0.05) is 13.1 Å². The summed E-state index contributed by atoms with van der Waals surface area (Å²) in [6.45, 7) is 1.90. The molecule has 0 aliphatic carbocycles. The summed E-state index contributed by atoms with van der Waals surface area (Å²) in [5, 5.41) is 13.9. The van der Waals surface area contributed by atoms with Crippen molar-refractivity contribution in [3.05, 3.63) is 23.2 Å². The second-order valence-corrected chi connectivity index (χ2v) is 4.67. The average molecular weight is 266 g/mol. The first-order valence-electron chi connectivity index (χ1n) is 5.81. The molecule has 1 aromatic heterocycles. The average Bonchev–Trinajstić information content (AvgIpc) is 3.00. The zero-order valence-corrected chi connectivity index (χ0v) is 10.4. The molecule has 6 heteroatoms. The predicted octanol–water partition coefficient (Wildman–Crippen LogP) is 2.70. The molecule has 0 atom stereocenters. The van der Waals surface area contributed by atoms with Gasteiger partial charge in [0.25, 0.3) is 11.8 Å². The smallest absolute Gasteiger partial charge is 0.266 e. The Labute approximate surface area is 109 Å². The lowest BCUT2D eigenvalue weighted by Crippen LogP contribution is -2.18. The number of aromatic hydroxyl groups is 1. The predicted molar refractivity (Wildman–Crippen MR) is 67.9 cm³/mol. The molecule has 1 fully saturated rings. The highest BCUT2D eigenvalue weighted by molar-refractivity contribution is 6.33. The minimum absolute atomic E-state index is 0.121. The van der Waals surface area contributed by atoms with Crippen LogP contribution in [0.5, 0.6) is 5.75 Å². The van der Waals surface area contributed by atoms with Gasteiger partial charge in [0.2, 0.25) is 0 Å². The molecule has 0 bridgehead atoms. The number of nitrogens with zero attached hydrogens (tertiary/aromatic N) is 3. The molecule has 1 aromatic carbocycles. The number of phenols is 1. The van der Waals surface area contributed by atoms with Crippen LogP contribution in [-0.4, -0.2) is 28.3 Å². The molecule has 5 nitrogen and oxygen atoms in total. The number of rotatable bonds is 2. The first-order chi connectivity index (χ1) is 8.74. The van der Waals surface area contributed by atoms with Crippen LogP contribution in [0, 0.1) is 0 Å². The lowest BCUT2D eigenvalue weighted by atomic mass is 10.2. The van der Waals surface area contributed by atoms with Crippen LogP contribution in [0.3, 0.4) is 0 Å². The molecule has 1 N–H and O–H groups in total. The fraction of sp³-hybridized carbons (Fsp3) is 0.333. The molecule has 0 amide bonds. The van der Waals surface area contributed by atoms with Crippen LogP contribution in [-0.2, 0) is 0 Å². The fourth-order valence-corrected chi connectivity index (χ4v) is 2.25. The highest BCUT2D eigenvalue weighted by Gasteiger charge is 2.19. The summed E-state index contributed by atoms with van der Waals surface area (Å²) in [5.74, 6) is 1.04. The molecular formula is C12H12ClN3O2. The monoisotopic (exact) mass is 265 g/mol. The maximum absolute atomic E-state index is 9.46. The summed E-state index contributed by atoms with van der Waals surface area (Å²) in [6.07, 6.45) is 2.30. The highest BCUT2D eigenvalue weighted by atomic mass is 35.5. The van der Waals surface area contributed by atoms with Crippen molar-refractivity contribution in [1.29, 1.82) is 0 Å². The normalized spacial score (nSPS) is 15.3. The molecule has 3 rings (SSSR count). The Morgan fingerprint density at radius 1 is 1.28 bits per heavy atom. The van der Waals surface area contributed by atoms with Gasteiger partial charge in [-0.3, -0.25) is 0 Å². The summed E-state index contributed by atoms with van der Waals surface area (Å²) < 4.78 is 5.20. The second kappa shape index (κ2) is 4.49. The third kappa shape index (κ3) is 2.01. The molecular weight excluding hydrogens is 254 g/mol. The maximum atomic E-state index is 9.46. The first-order valence-corrected chi connectivity index (χ1v) is 6.19. The van der Waals surface area contributed by atoms with Gasteiger partial charge in [0.1, 0.15) is 5.75 Å². The molecule has 0 radical (unpaired) electrons. The van der Waals surface area contributed by atoms with Crippen LogP contribution >= 0.6 is 11.6 Å². The molecule has 2 heterocycles. The number of aromatic nitrogens is 2. The molecule has 2 aromatic rings. The minimum Gasteiger partial charge on any atom is -0.508 e. The van der Waals surface area contributed by atoms with Crippen LogP contribution in [0.1, 0.15) is 12.8 Å². The number of phenolic OH excluding ortho intramolecular Hbond substituents is 1. The fourth-order valence-electron chi connectivity index (χ4n) is 2.05. The Morgan fingerprint density at radius 2 is 2.06 bits per heavy atom. The summed E-state index contributed by atoms with van der Waals surface area (Å²) in [7, 11) is 0. The number of benzene rings is 1. The van der Waals surface area contributed by atoms with E-state index in [-0.39, 0.29) is 5.75 Å². The lowest BCUT2D eigenvalue weighted by molar-refractivity contribution is 0.429. The SMILES string of the molecule is Oc1ccc(Cl)c(-c2nc(N3CCCC3)no2)c1. The van der Waals surface area contributed by atoms with Crippen LogP contribution < -0.4 is 4.90 Å². The van der Waals surface area contributed by atoms with Gasteiger partial charge in [-0.2, -0.15) is 4.98 Å². The Balaban J connectivity index is 1.94. The number of hydrogen-bond donors (Lipinski definition) is 1. The highest BCUT2D eigenvalue weighted by Crippen LogP contribution is 2.31. The molecule has 0 spiro atoms. The van der Waals surface area contributed by atoms with Crippen molar-refractivity contribution in [2.75, 3.05) is 18.0 Å². The van der Waals surface area contributed by atoms with Crippen molar-refractivity contribution in [2.24, 2.45) is 0 Å². The minimum atomic E-state index is 0.121. The van der Waals surface area contributed by atoms with Crippen molar-refractivity contribution < 1.29 is 9.63 Å². The van der Waals surface area contributed by atoms with E-state index in [2.05, 4.69) is 15.0 Å². The van der Waals surface area contributed by atoms with E-state index in [0.717, 1.165) is 25.9 Å². The van der Waals surface area contributed by atoms with E-state index in [9.17, 15) is 5.11 Å². The third-order valence-electron chi connectivity index (χ3n) is 2.98. The quantitative estimate of drug-likeness (QED) is 0.905. The largest absolute Gasteiger partial charge is 0.508 e. The number of hydrogen-bond acceptors (Lipinski definition) is 5. The van der Waals surface area contributed by atoms with Crippen LogP contribution in [0.15, 0.2) is 22.7 Å². The van der Waals surface area contributed by atoms with Crippen molar-refractivity contribution in [3.63, 3.8) is 0 Å². The van der Waals surface area contributed by atoms with E-state index in [1.807, 2.05) is 0 Å². The van der Waals surface area contributed by atoms with Crippen molar-refractivity contribution in [3.8, 4) is 17.2 Å². The standard InChI is InChI=1S/C12H12ClN3O2/c13-10-4-3-8(17)7-9(10)11-14-12(15-18-11)16-5-1-2-6-16/h3-4,7,17H,1-2,5-6H2. The molecule has 1 aliphatic rings. The maximum Gasteiger partial charge on any atom is 0.266 e. The van der Waals surface area contributed by atoms with Gasteiger partial charge in [-0.1, -0.05) is 11.6 Å². The van der Waals surface area contributed by atoms with Gasteiger partial charge in [0.15, 0.2) is 0 Å². The van der Waals surface area contributed by atoms with E-state index < -0.39 is 0 Å². The van der Waals surface area contributed by atoms with Gasteiger partial charge in [0.05, 0.1) is 10.6 Å². The van der Waals surface area contributed by atoms with Crippen molar-refractivity contribution >= 4 is 17.5 Å². The zero-order chi connectivity index (χ0) is 12.5. The Kier molecular flexibility index (Phi) is 2.83. The van der Waals surface area contributed by atoms with Crippen LogP contribution in [0.25, 0.3) is 11.5 Å². The van der Waals surface area contributed by atoms with E-state index in [0.29, 0.717) is 22.4 Å². The van der Waals surface area contributed by atoms with E-state index in [1.54, 1.807) is 6.07 Å². The van der Waals surface area contributed by atoms with Gasteiger partial charge < -0.3 is 14.5 Å². The van der Waals surface area contributed by atoms with E-state index in [4.69, 9.17) is 16.1 Å². The Hall–Kier alpha value is -1.75. The van der Waals surface area contributed by atoms with Crippen molar-refractivity contribution in [2.45, 2.75) is 12.8 Å². The summed E-state index contributed by atoms with van der Waals surface area (Å²) in [6, 6.07) is 4.64. The molecule has 18 heavy (non-hydrogen) atoms. The van der Waals surface area contributed by atoms with Crippen LogP contribution in [0.4, 0.5) is 5.95 Å².